The Balaban J connectivity index is 2.19. The maximum absolute atomic E-state index is 12.0. The van der Waals surface area contributed by atoms with Crippen LogP contribution in [0.1, 0.15) is 28.5 Å². The van der Waals surface area contributed by atoms with Gasteiger partial charge in [-0.15, -0.1) is 0 Å². The lowest BCUT2D eigenvalue weighted by Gasteiger charge is -2.05. The summed E-state index contributed by atoms with van der Waals surface area (Å²) in [4.78, 5) is 16.0. The zero-order chi connectivity index (χ0) is 13.1. The lowest BCUT2D eigenvalue weighted by Crippen LogP contribution is -2.13. The first kappa shape index (κ1) is 12.3. The maximum atomic E-state index is 12.0. The standard InChI is InChI=1S/C13H16N4O/c1-4-17-10(3)12(8-15-17)16-13(18)11-5-9(2)6-14-7-11/h5-8H,4H2,1-3H3,(H,16,18). The van der Waals surface area contributed by atoms with Crippen LogP contribution >= 0.6 is 0 Å². The third kappa shape index (κ3) is 2.40. The molecule has 0 aromatic carbocycles. The molecular formula is C13H16N4O. The van der Waals surface area contributed by atoms with Gasteiger partial charge in [-0.3, -0.25) is 14.5 Å². The highest BCUT2D eigenvalue weighted by atomic mass is 16.1. The number of nitrogens with zero attached hydrogens (tertiary/aromatic N) is 3. The Kier molecular flexibility index (Phi) is 3.41. The Morgan fingerprint density at radius 2 is 2.11 bits per heavy atom. The average Bonchev–Trinajstić information content (AvgIpc) is 2.70. The monoisotopic (exact) mass is 244 g/mol. The second kappa shape index (κ2) is 5.00. The molecule has 5 nitrogen and oxygen atoms in total. The number of pyridine rings is 1. The smallest absolute Gasteiger partial charge is 0.257 e. The normalized spacial score (nSPS) is 10.4. The van der Waals surface area contributed by atoms with Crippen molar-refractivity contribution in [2.75, 3.05) is 5.32 Å². The summed E-state index contributed by atoms with van der Waals surface area (Å²) < 4.78 is 1.84. The molecule has 18 heavy (non-hydrogen) atoms. The number of hydrogen-bond donors (Lipinski definition) is 1. The van der Waals surface area contributed by atoms with E-state index in [9.17, 15) is 4.79 Å². The van der Waals surface area contributed by atoms with E-state index in [0.717, 1.165) is 23.5 Å². The van der Waals surface area contributed by atoms with Crippen LogP contribution in [0.3, 0.4) is 0 Å². The van der Waals surface area contributed by atoms with Crippen molar-refractivity contribution in [1.82, 2.24) is 14.8 Å². The SMILES string of the molecule is CCn1ncc(NC(=O)c2cncc(C)c2)c1C. The molecule has 2 aromatic heterocycles. The van der Waals surface area contributed by atoms with Crippen molar-refractivity contribution in [3.63, 3.8) is 0 Å². The van der Waals surface area contributed by atoms with Crippen LogP contribution in [0.15, 0.2) is 24.7 Å². The molecule has 2 aromatic rings. The first-order chi connectivity index (χ1) is 8.61. The molecular weight excluding hydrogens is 228 g/mol. The molecule has 0 bridgehead atoms. The molecule has 2 heterocycles. The second-order valence-corrected chi connectivity index (χ2v) is 4.16. The van der Waals surface area contributed by atoms with Crippen LogP contribution in [0.2, 0.25) is 0 Å². The summed E-state index contributed by atoms with van der Waals surface area (Å²) in [6.07, 6.45) is 4.94. The summed E-state index contributed by atoms with van der Waals surface area (Å²) in [5, 5.41) is 7.03. The van der Waals surface area contributed by atoms with E-state index in [1.165, 1.54) is 0 Å². The van der Waals surface area contributed by atoms with E-state index in [0.29, 0.717) is 5.56 Å². The van der Waals surface area contributed by atoms with Crippen LogP contribution in [0, 0.1) is 13.8 Å². The fourth-order valence-corrected chi connectivity index (χ4v) is 1.76. The van der Waals surface area contributed by atoms with Gasteiger partial charge in [0.05, 0.1) is 23.1 Å². The van der Waals surface area contributed by atoms with Crippen molar-refractivity contribution < 1.29 is 4.79 Å². The fourth-order valence-electron chi connectivity index (χ4n) is 1.76. The number of nitrogens with one attached hydrogen (secondary N) is 1. The minimum Gasteiger partial charge on any atom is -0.319 e. The molecule has 0 fully saturated rings. The number of anilines is 1. The van der Waals surface area contributed by atoms with E-state index >= 15 is 0 Å². The van der Waals surface area contributed by atoms with Gasteiger partial charge in [0.25, 0.3) is 5.91 Å². The summed E-state index contributed by atoms with van der Waals surface area (Å²) in [6.45, 7) is 6.63. The summed E-state index contributed by atoms with van der Waals surface area (Å²) >= 11 is 0. The third-order valence-corrected chi connectivity index (χ3v) is 2.79. The number of carbonyl (C=O) groups excluding carboxylic acids is 1. The largest absolute Gasteiger partial charge is 0.319 e. The minimum atomic E-state index is -0.162. The number of aromatic nitrogens is 3. The van der Waals surface area contributed by atoms with Gasteiger partial charge in [0, 0.05) is 18.9 Å². The second-order valence-electron chi connectivity index (χ2n) is 4.16. The van der Waals surface area contributed by atoms with Gasteiger partial charge in [-0.2, -0.15) is 5.10 Å². The highest BCUT2D eigenvalue weighted by Crippen LogP contribution is 2.14. The van der Waals surface area contributed by atoms with Gasteiger partial charge in [-0.1, -0.05) is 0 Å². The van der Waals surface area contributed by atoms with Gasteiger partial charge in [0.15, 0.2) is 0 Å². The topological polar surface area (TPSA) is 59.8 Å². The summed E-state index contributed by atoms with van der Waals surface area (Å²) in [7, 11) is 0. The lowest BCUT2D eigenvalue weighted by atomic mass is 10.2. The Labute approximate surface area is 106 Å². The van der Waals surface area contributed by atoms with Gasteiger partial charge in [0.2, 0.25) is 0 Å². The van der Waals surface area contributed by atoms with Gasteiger partial charge < -0.3 is 5.32 Å². The molecule has 0 aliphatic carbocycles. The number of aryl methyl sites for hydroxylation is 2. The van der Waals surface area contributed by atoms with Crippen LogP contribution in [-0.4, -0.2) is 20.7 Å². The summed E-state index contributed by atoms with van der Waals surface area (Å²) in [5.41, 5.74) is 3.21. The van der Waals surface area contributed by atoms with Crippen molar-refractivity contribution in [3.8, 4) is 0 Å². The van der Waals surface area contributed by atoms with E-state index in [1.807, 2.05) is 31.5 Å². The summed E-state index contributed by atoms with van der Waals surface area (Å²) in [6, 6.07) is 1.81. The van der Waals surface area contributed by atoms with Crippen molar-refractivity contribution in [2.24, 2.45) is 0 Å². The molecule has 0 radical (unpaired) electrons. The predicted octanol–water partition coefficient (Wildman–Crippen LogP) is 2.17. The summed E-state index contributed by atoms with van der Waals surface area (Å²) in [5.74, 6) is -0.162. The number of amides is 1. The maximum Gasteiger partial charge on any atom is 0.257 e. The third-order valence-electron chi connectivity index (χ3n) is 2.79. The molecule has 0 spiro atoms. The van der Waals surface area contributed by atoms with E-state index in [-0.39, 0.29) is 5.91 Å². The Bertz CT molecular complexity index is 574. The number of carbonyl (C=O) groups is 1. The molecule has 0 unspecified atom stereocenters. The first-order valence-corrected chi connectivity index (χ1v) is 5.87. The predicted molar refractivity (Wildman–Crippen MR) is 69.6 cm³/mol. The van der Waals surface area contributed by atoms with Gasteiger partial charge in [-0.25, -0.2) is 0 Å². The van der Waals surface area contributed by atoms with Crippen LogP contribution in [0.4, 0.5) is 5.69 Å². The minimum absolute atomic E-state index is 0.162. The Morgan fingerprint density at radius 1 is 1.33 bits per heavy atom. The van der Waals surface area contributed by atoms with Gasteiger partial charge in [-0.05, 0) is 32.4 Å². The van der Waals surface area contributed by atoms with E-state index in [1.54, 1.807) is 18.6 Å². The quantitative estimate of drug-likeness (QED) is 0.900. The zero-order valence-electron chi connectivity index (χ0n) is 10.8. The van der Waals surface area contributed by atoms with Crippen LogP contribution in [0.25, 0.3) is 0 Å². The van der Waals surface area contributed by atoms with Crippen molar-refractivity contribution in [3.05, 3.63) is 41.5 Å². The van der Waals surface area contributed by atoms with Crippen molar-refractivity contribution >= 4 is 11.6 Å². The Hall–Kier alpha value is -2.17. The van der Waals surface area contributed by atoms with Crippen molar-refractivity contribution in [2.45, 2.75) is 27.3 Å². The molecule has 2 rings (SSSR count). The molecule has 0 atom stereocenters. The van der Waals surface area contributed by atoms with Crippen LogP contribution < -0.4 is 5.32 Å². The highest BCUT2D eigenvalue weighted by Gasteiger charge is 2.11. The van der Waals surface area contributed by atoms with Crippen LogP contribution in [-0.2, 0) is 6.54 Å². The average molecular weight is 244 g/mol. The van der Waals surface area contributed by atoms with E-state index < -0.39 is 0 Å². The van der Waals surface area contributed by atoms with E-state index in [2.05, 4.69) is 15.4 Å². The zero-order valence-corrected chi connectivity index (χ0v) is 10.8. The lowest BCUT2D eigenvalue weighted by molar-refractivity contribution is 0.102. The molecule has 1 N–H and O–H groups in total. The molecule has 5 heteroatoms. The first-order valence-electron chi connectivity index (χ1n) is 5.87. The Morgan fingerprint density at radius 3 is 2.72 bits per heavy atom. The van der Waals surface area contributed by atoms with E-state index in [4.69, 9.17) is 0 Å². The van der Waals surface area contributed by atoms with Gasteiger partial charge in [0.1, 0.15) is 0 Å². The number of hydrogen-bond acceptors (Lipinski definition) is 3. The highest BCUT2D eigenvalue weighted by molar-refractivity contribution is 6.04. The molecule has 0 saturated heterocycles. The molecule has 1 amide bonds. The molecule has 0 saturated carbocycles. The molecule has 0 aliphatic heterocycles. The fraction of sp³-hybridized carbons (Fsp3) is 0.308. The van der Waals surface area contributed by atoms with Gasteiger partial charge >= 0.3 is 0 Å². The molecule has 94 valence electrons. The molecule has 0 aliphatic rings. The number of rotatable bonds is 3. The van der Waals surface area contributed by atoms with Crippen LogP contribution in [0.5, 0.6) is 0 Å². The van der Waals surface area contributed by atoms with Crippen molar-refractivity contribution in [1.29, 1.82) is 0 Å².